The Morgan fingerprint density at radius 1 is 1.17 bits per heavy atom. The number of ketones is 1. The molecule has 0 aliphatic rings. The summed E-state index contributed by atoms with van der Waals surface area (Å²) in [6.45, 7) is 2.03. The standard InChI is InChI=1S/C15H12BrClO/c1-10-2-4-11(5-3-10)8-15(18)13-9-12(17)6-7-14(13)16/h2-7,9H,8H2,1H3. The molecule has 0 spiro atoms. The lowest BCUT2D eigenvalue weighted by molar-refractivity contribution is 0.0992. The average Bonchev–Trinajstić information content (AvgIpc) is 2.35. The van der Waals surface area contributed by atoms with E-state index in [0.717, 1.165) is 10.0 Å². The largest absolute Gasteiger partial charge is 0.294 e. The van der Waals surface area contributed by atoms with Crippen LogP contribution in [0, 0.1) is 6.92 Å². The summed E-state index contributed by atoms with van der Waals surface area (Å²) in [5, 5.41) is 0.574. The van der Waals surface area contributed by atoms with Gasteiger partial charge in [0, 0.05) is 21.5 Å². The minimum atomic E-state index is 0.0632. The summed E-state index contributed by atoms with van der Waals surface area (Å²) in [7, 11) is 0. The maximum Gasteiger partial charge on any atom is 0.168 e. The van der Waals surface area contributed by atoms with Crippen molar-refractivity contribution in [2.75, 3.05) is 0 Å². The van der Waals surface area contributed by atoms with Crippen molar-refractivity contribution in [2.24, 2.45) is 0 Å². The highest BCUT2D eigenvalue weighted by Gasteiger charge is 2.11. The Hall–Kier alpha value is -1.12. The van der Waals surface area contributed by atoms with Gasteiger partial charge in [-0.1, -0.05) is 57.4 Å². The Morgan fingerprint density at radius 2 is 1.83 bits per heavy atom. The lowest BCUT2D eigenvalue weighted by Gasteiger charge is -2.05. The zero-order valence-electron chi connectivity index (χ0n) is 9.91. The number of Topliss-reactive ketones (excluding diaryl/α,β-unsaturated/α-hetero) is 1. The molecule has 0 heterocycles. The van der Waals surface area contributed by atoms with Gasteiger partial charge in [-0.3, -0.25) is 4.79 Å². The zero-order valence-corrected chi connectivity index (χ0v) is 12.3. The van der Waals surface area contributed by atoms with Gasteiger partial charge in [-0.25, -0.2) is 0 Å². The molecular formula is C15H12BrClO. The Labute approximate surface area is 120 Å². The highest BCUT2D eigenvalue weighted by Crippen LogP contribution is 2.22. The van der Waals surface area contributed by atoms with Gasteiger partial charge < -0.3 is 0 Å². The molecule has 0 aromatic heterocycles. The molecule has 0 aliphatic carbocycles. The van der Waals surface area contributed by atoms with Crippen LogP contribution in [0.5, 0.6) is 0 Å². The van der Waals surface area contributed by atoms with Gasteiger partial charge in [-0.05, 0) is 30.7 Å². The third-order valence-corrected chi connectivity index (χ3v) is 3.64. The van der Waals surface area contributed by atoms with E-state index in [0.29, 0.717) is 17.0 Å². The molecule has 2 aromatic carbocycles. The Balaban J connectivity index is 2.21. The summed E-state index contributed by atoms with van der Waals surface area (Å²) in [4.78, 5) is 12.2. The Morgan fingerprint density at radius 3 is 2.50 bits per heavy atom. The van der Waals surface area contributed by atoms with Crippen molar-refractivity contribution in [3.05, 3.63) is 68.7 Å². The van der Waals surface area contributed by atoms with Gasteiger partial charge in [0.05, 0.1) is 0 Å². The van der Waals surface area contributed by atoms with Crippen LogP contribution >= 0.6 is 27.5 Å². The molecule has 0 radical (unpaired) electrons. The van der Waals surface area contributed by atoms with Crippen molar-refractivity contribution in [1.82, 2.24) is 0 Å². The second-order valence-corrected chi connectivity index (χ2v) is 5.50. The maximum atomic E-state index is 12.2. The molecule has 18 heavy (non-hydrogen) atoms. The van der Waals surface area contributed by atoms with Crippen molar-refractivity contribution >= 4 is 33.3 Å². The van der Waals surface area contributed by atoms with Crippen molar-refractivity contribution in [1.29, 1.82) is 0 Å². The van der Waals surface area contributed by atoms with E-state index in [-0.39, 0.29) is 5.78 Å². The van der Waals surface area contributed by atoms with Gasteiger partial charge in [-0.15, -0.1) is 0 Å². The molecule has 2 aromatic rings. The quantitative estimate of drug-likeness (QED) is 0.739. The molecule has 0 atom stereocenters. The van der Waals surface area contributed by atoms with E-state index in [2.05, 4.69) is 15.9 Å². The van der Waals surface area contributed by atoms with Crippen LogP contribution in [0.2, 0.25) is 5.02 Å². The number of carbonyl (C=O) groups excluding carboxylic acids is 1. The lowest BCUT2D eigenvalue weighted by atomic mass is 10.0. The van der Waals surface area contributed by atoms with E-state index in [4.69, 9.17) is 11.6 Å². The molecule has 2 rings (SSSR count). The second-order valence-electron chi connectivity index (χ2n) is 4.21. The van der Waals surface area contributed by atoms with E-state index in [1.165, 1.54) is 5.56 Å². The van der Waals surface area contributed by atoms with Crippen LogP contribution in [-0.4, -0.2) is 5.78 Å². The minimum Gasteiger partial charge on any atom is -0.294 e. The van der Waals surface area contributed by atoms with E-state index >= 15 is 0 Å². The summed E-state index contributed by atoms with van der Waals surface area (Å²) in [5.41, 5.74) is 2.83. The summed E-state index contributed by atoms with van der Waals surface area (Å²) < 4.78 is 0.781. The molecule has 1 nitrogen and oxygen atoms in total. The lowest BCUT2D eigenvalue weighted by Crippen LogP contribution is -2.04. The fourth-order valence-electron chi connectivity index (χ4n) is 1.70. The molecule has 0 amide bonds. The first kappa shape index (κ1) is 13.3. The average molecular weight is 324 g/mol. The van der Waals surface area contributed by atoms with Crippen LogP contribution in [0.3, 0.4) is 0 Å². The SMILES string of the molecule is Cc1ccc(CC(=O)c2cc(Cl)ccc2Br)cc1. The minimum absolute atomic E-state index is 0.0632. The van der Waals surface area contributed by atoms with Crippen LogP contribution in [0.25, 0.3) is 0 Å². The van der Waals surface area contributed by atoms with Gasteiger partial charge in [0.15, 0.2) is 5.78 Å². The van der Waals surface area contributed by atoms with E-state index in [1.54, 1.807) is 18.2 Å². The van der Waals surface area contributed by atoms with Gasteiger partial charge in [-0.2, -0.15) is 0 Å². The Bertz CT molecular complexity index is 576. The van der Waals surface area contributed by atoms with Crippen LogP contribution in [0.4, 0.5) is 0 Å². The van der Waals surface area contributed by atoms with Gasteiger partial charge in [0.1, 0.15) is 0 Å². The molecule has 0 unspecified atom stereocenters. The summed E-state index contributed by atoms with van der Waals surface area (Å²) >= 11 is 9.29. The van der Waals surface area contributed by atoms with Crippen LogP contribution in [0.15, 0.2) is 46.9 Å². The Kier molecular flexibility index (Phi) is 4.20. The first-order valence-electron chi connectivity index (χ1n) is 5.60. The molecule has 92 valence electrons. The van der Waals surface area contributed by atoms with E-state index in [1.807, 2.05) is 31.2 Å². The van der Waals surface area contributed by atoms with Gasteiger partial charge in [0.25, 0.3) is 0 Å². The van der Waals surface area contributed by atoms with Gasteiger partial charge in [0.2, 0.25) is 0 Å². The number of rotatable bonds is 3. The third kappa shape index (κ3) is 3.21. The molecule has 0 saturated carbocycles. The number of carbonyl (C=O) groups is 1. The van der Waals surface area contributed by atoms with Gasteiger partial charge >= 0.3 is 0 Å². The summed E-state index contributed by atoms with van der Waals surface area (Å²) in [6, 6.07) is 13.2. The molecule has 0 saturated heterocycles. The van der Waals surface area contributed by atoms with E-state index < -0.39 is 0 Å². The number of halogens is 2. The monoisotopic (exact) mass is 322 g/mol. The predicted molar refractivity (Wildman–Crippen MR) is 78.4 cm³/mol. The fourth-order valence-corrected chi connectivity index (χ4v) is 2.34. The van der Waals surface area contributed by atoms with Crippen molar-refractivity contribution in [3.63, 3.8) is 0 Å². The zero-order chi connectivity index (χ0) is 13.1. The van der Waals surface area contributed by atoms with E-state index in [9.17, 15) is 4.79 Å². The molecule has 0 bridgehead atoms. The summed E-state index contributed by atoms with van der Waals surface area (Å²) in [6.07, 6.45) is 0.388. The molecular weight excluding hydrogens is 312 g/mol. The molecule has 0 fully saturated rings. The normalized spacial score (nSPS) is 10.4. The summed E-state index contributed by atoms with van der Waals surface area (Å²) in [5.74, 6) is 0.0632. The maximum absolute atomic E-state index is 12.2. The van der Waals surface area contributed by atoms with Crippen LogP contribution < -0.4 is 0 Å². The fraction of sp³-hybridized carbons (Fsp3) is 0.133. The molecule has 3 heteroatoms. The topological polar surface area (TPSA) is 17.1 Å². The van der Waals surface area contributed by atoms with Crippen molar-refractivity contribution < 1.29 is 4.79 Å². The number of benzene rings is 2. The molecule has 0 aliphatic heterocycles. The van der Waals surface area contributed by atoms with Crippen molar-refractivity contribution in [2.45, 2.75) is 13.3 Å². The third-order valence-electron chi connectivity index (χ3n) is 2.71. The predicted octanol–water partition coefficient (Wildman–Crippen LogP) is 4.84. The van der Waals surface area contributed by atoms with Crippen LogP contribution in [-0.2, 0) is 6.42 Å². The number of hydrogen-bond acceptors (Lipinski definition) is 1. The van der Waals surface area contributed by atoms with Crippen LogP contribution in [0.1, 0.15) is 21.5 Å². The second kappa shape index (κ2) is 5.68. The number of aryl methyl sites for hydroxylation is 1. The van der Waals surface area contributed by atoms with Crippen molar-refractivity contribution in [3.8, 4) is 0 Å². The first-order valence-corrected chi connectivity index (χ1v) is 6.77. The first-order chi connectivity index (χ1) is 8.56. The highest BCUT2D eigenvalue weighted by molar-refractivity contribution is 9.10. The number of hydrogen-bond donors (Lipinski definition) is 0. The highest BCUT2D eigenvalue weighted by atomic mass is 79.9. The molecule has 0 N–H and O–H groups in total. The smallest absolute Gasteiger partial charge is 0.168 e.